The van der Waals surface area contributed by atoms with Crippen LogP contribution in [0, 0.1) is 22.6 Å². The maximum absolute atomic E-state index is 13.1. The van der Waals surface area contributed by atoms with E-state index in [1.54, 1.807) is 0 Å². The zero-order valence-corrected chi connectivity index (χ0v) is 11.7. The van der Waals surface area contributed by atoms with Crippen LogP contribution in [-0.2, 0) is 4.79 Å². The van der Waals surface area contributed by atoms with Crippen molar-refractivity contribution < 1.29 is 9.18 Å². The van der Waals surface area contributed by atoms with Gasteiger partial charge in [-0.25, -0.2) is 4.39 Å². The van der Waals surface area contributed by atoms with E-state index >= 15 is 0 Å². The second kappa shape index (κ2) is 5.59. The molecule has 0 bridgehead atoms. The molecule has 0 saturated carbocycles. The molecule has 1 atom stereocenters. The highest BCUT2D eigenvalue weighted by molar-refractivity contribution is 5.96. The number of carbonyl (C=O) groups excluding carboxylic acids is 1. The van der Waals surface area contributed by atoms with E-state index in [4.69, 9.17) is 5.26 Å². The summed E-state index contributed by atoms with van der Waals surface area (Å²) >= 11 is 0. The second-order valence-corrected chi connectivity index (χ2v) is 5.77. The molecule has 5 heteroatoms. The van der Waals surface area contributed by atoms with Crippen molar-refractivity contribution in [2.45, 2.75) is 32.7 Å². The Kier molecular flexibility index (Phi) is 4.05. The first-order valence-electron chi connectivity index (χ1n) is 6.68. The number of nitriles is 1. The minimum Gasteiger partial charge on any atom is -0.324 e. The van der Waals surface area contributed by atoms with Gasteiger partial charge in [-0.2, -0.15) is 5.26 Å². The molecule has 1 amide bonds. The number of hydrogen-bond acceptors (Lipinski definition) is 3. The van der Waals surface area contributed by atoms with Crippen molar-refractivity contribution in [2.75, 3.05) is 11.9 Å². The minimum atomic E-state index is -0.490. The summed E-state index contributed by atoms with van der Waals surface area (Å²) in [6, 6.07) is 5.35. The van der Waals surface area contributed by atoms with Gasteiger partial charge in [-0.15, -0.1) is 0 Å². The van der Waals surface area contributed by atoms with E-state index in [0.29, 0.717) is 5.69 Å². The van der Waals surface area contributed by atoms with Gasteiger partial charge < -0.3 is 10.6 Å². The molecule has 1 unspecified atom stereocenters. The van der Waals surface area contributed by atoms with Crippen molar-refractivity contribution in [3.63, 3.8) is 0 Å². The second-order valence-electron chi connectivity index (χ2n) is 5.77. The molecule has 1 aromatic carbocycles. The van der Waals surface area contributed by atoms with Crippen LogP contribution in [0.5, 0.6) is 0 Å². The Morgan fingerprint density at radius 1 is 1.55 bits per heavy atom. The lowest BCUT2D eigenvalue weighted by molar-refractivity contribution is -0.121. The van der Waals surface area contributed by atoms with Crippen LogP contribution in [0.3, 0.4) is 0 Å². The quantitative estimate of drug-likeness (QED) is 0.871. The van der Waals surface area contributed by atoms with Crippen LogP contribution < -0.4 is 10.6 Å². The summed E-state index contributed by atoms with van der Waals surface area (Å²) in [6.07, 6.45) is 2.00. The Morgan fingerprint density at radius 3 is 2.95 bits per heavy atom. The van der Waals surface area contributed by atoms with Crippen LogP contribution in [0.25, 0.3) is 0 Å². The number of nitrogens with one attached hydrogen (secondary N) is 2. The Bertz CT molecular complexity index is 563. The van der Waals surface area contributed by atoms with Crippen molar-refractivity contribution in [3.8, 4) is 6.07 Å². The summed E-state index contributed by atoms with van der Waals surface area (Å²) in [5, 5.41) is 14.9. The molecular formula is C15H18FN3O. The predicted octanol–water partition coefficient (Wildman–Crippen LogP) is 2.41. The Labute approximate surface area is 118 Å². The van der Waals surface area contributed by atoms with E-state index in [1.807, 2.05) is 19.9 Å². The number of nitrogens with zero attached hydrogens (tertiary/aromatic N) is 1. The van der Waals surface area contributed by atoms with Gasteiger partial charge in [-0.3, -0.25) is 4.79 Å². The normalized spacial score (nSPS) is 21.0. The summed E-state index contributed by atoms with van der Waals surface area (Å²) in [5.74, 6) is -0.673. The number of hydrogen-bond donors (Lipinski definition) is 2. The maximum Gasteiger partial charge on any atom is 0.242 e. The van der Waals surface area contributed by atoms with Gasteiger partial charge >= 0.3 is 0 Å². The first-order valence-corrected chi connectivity index (χ1v) is 6.68. The summed E-state index contributed by atoms with van der Waals surface area (Å²) in [5.41, 5.74) is 0.337. The van der Waals surface area contributed by atoms with Gasteiger partial charge in [-0.05, 0) is 43.0 Å². The first kappa shape index (κ1) is 14.5. The van der Waals surface area contributed by atoms with E-state index in [-0.39, 0.29) is 22.9 Å². The minimum absolute atomic E-state index is 0.131. The van der Waals surface area contributed by atoms with Crippen molar-refractivity contribution in [3.05, 3.63) is 29.6 Å². The first-order chi connectivity index (χ1) is 9.44. The molecular weight excluding hydrogens is 257 g/mol. The van der Waals surface area contributed by atoms with Crippen molar-refractivity contribution in [1.82, 2.24) is 5.32 Å². The zero-order valence-electron chi connectivity index (χ0n) is 11.7. The Morgan fingerprint density at radius 2 is 2.30 bits per heavy atom. The third-order valence-electron chi connectivity index (χ3n) is 3.75. The molecule has 1 aliphatic heterocycles. The fraction of sp³-hybridized carbons (Fsp3) is 0.467. The van der Waals surface area contributed by atoms with Crippen LogP contribution in [0.4, 0.5) is 10.1 Å². The van der Waals surface area contributed by atoms with E-state index in [0.717, 1.165) is 25.5 Å². The highest BCUT2D eigenvalue weighted by Gasteiger charge is 2.37. The van der Waals surface area contributed by atoms with Crippen molar-refractivity contribution >= 4 is 11.6 Å². The molecule has 1 aliphatic rings. The van der Waals surface area contributed by atoms with Gasteiger partial charge in [0.1, 0.15) is 11.9 Å². The molecule has 0 radical (unpaired) electrons. The van der Waals surface area contributed by atoms with Crippen molar-refractivity contribution in [2.24, 2.45) is 5.41 Å². The number of halogens is 1. The van der Waals surface area contributed by atoms with E-state index in [9.17, 15) is 9.18 Å². The highest BCUT2D eigenvalue weighted by atomic mass is 19.1. The Hall–Kier alpha value is -1.93. The average molecular weight is 275 g/mol. The number of benzene rings is 1. The van der Waals surface area contributed by atoms with Gasteiger partial charge in [0.05, 0.1) is 17.3 Å². The topological polar surface area (TPSA) is 64.9 Å². The standard InChI is InChI=1S/C15H18FN3O/c1-15(2)6-3-7-18-13(15)14(20)19-12-5-4-11(16)8-10(12)9-17/h4-5,8,13,18H,3,6-7H2,1-2H3,(H,19,20). The number of piperidine rings is 1. The van der Waals surface area contributed by atoms with Gasteiger partial charge in [0.25, 0.3) is 0 Å². The third-order valence-corrected chi connectivity index (χ3v) is 3.75. The molecule has 1 heterocycles. The lowest BCUT2D eigenvalue weighted by Gasteiger charge is -2.38. The molecule has 106 valence electrons. The molecule has 0 aromatic heterocycles. The van der Waals surface area contributed by atoms with Gasteiger partial charge in [0, 0.05) is 0 Å². The highest BCUT2D eigenvalue weighted by Crippen LogP contribution is 2.31. The predicted molar refractivity (Wildman–Crippen MR) is 74.6 cm³/mol. The molecule has 2 rings (SSSR count). The lowest BCUT2D eigenvalue weighted by Crippen LogP contribution is -2.53. The monoisotopic (exact) mass is 275 g/mol. The zero-order chi connectivity index (χ0) is 14.8. The molecule has 2 N–H and O–H groups in total. The molecule has 0 spiro atoms. The van der Waals surface area contributed by atoms with Gasteiger partial charge in [0.15, 0.2) is 0 Å². The van der Waals surface area contributed by atoms with Crippen LogP contribution in [0.15, 0.2) is 18.2 Å². The largest absolute Gasteiger partial charge is 0.324 e. The molecule has 20 heavy (non-hydrogen) atoms. The summed E-state index contributed by atoms with van der Waals surface area (Å²) in [7, 11) is 0. The maximum atomic E-state index is 13.1. The number of rotatable bonds is 2. The van der Waals surface area contributed by atoms with Crippen LogP contribution in [-0.4, -0.2) is 18.5 Å². The van der Waals surface area contributed by atoms with Crippen LogP contribution in [0.2, 0.25) is 0 Å². The van der Waals surface area contributed by atoms with E-state index < -0.39 is 5.82 Å². The summed E-state index contributed by atoms with van der Waals surface area (Å²) in [4.78, 5) is 12.4. The van der Waals surface area contributed by atoms with Crippen molar-refractivity contribution in [1.29, 1.82) is 5.26 Å². The molecule has 1 aromatic rings. The number of carbonyl (C=O) groups is 1. The van der Waals surface area contributed by atoms with Gasteiger partial charge in [-0.1, -0.05) is 13.8 Å². The molecule has 1 saturated heterocycles. The molecule has 4 nitrogen and oxygen atoms in total. The molecule has 0 aliphatic carbocycles. The Balaban J connectivity index is 2.18. The van der Waals surface area contributed by atoms with E-state index in [2.05, 4.69) is 10.6 Å². The SMILES string of the molecule is CC1(C)CCCNC1C(=O)Nc1ccc(F)cc1C#N. The number of amides is 1. The molecule has 1 fully saturated rings. The van der Waals surface area contributed by atoms with Crippen LogP contribution in [0.1, 0.15) is 32.3 Å². The summed E-state index contributed by atoms with van der Waals surface area (Å²) in [6.45, 7) is 4.88. The fourth-order valence-electron chi connectivity index (χ4n) is 2.58. The third kappa shape index (κ3) is 2.97. The smallest absolute Gasteiger partial charge is 0.242 e. The summed E-state index contributed by atoms with van der Waals surface area (Å²) < 4.78 is 13.1. The van der Waals surface area contributed by atoms with Crippen LogP contribution >= 0.6 is 0 Å². The number of anilines is 1. The lowest BCUT2D eigenvalue weighted by atomic mass is 9.77. The van der Waals surface area contributed by atoms with Gasteiger partial charge in [0.2, 0.25) is 5.91 Å². The van der Waals surface area contributed by atoms with E-state index in [1.165, 1.54) is 12.1 Å². The fourth-order valence-corrected chi connectivity index (χ4v) is 2.58. The average Bonchev–Trinajstić information content (AvgIpc) is 2.40.